The Bertz CT molecular complexity index is 677. The van der Waals surface area contributed by atoms with E-state index < -0.39 is 0 Å². The van der Waals surface area contributed by atoms with E-state index in [0.717, 1.165) is 48.6 Å². The number of carbonyl (C=O) groups excluding carboxylic acids is 1. The highest BCUT2D eigenvalue weighted by Crippen LogP contribution is 2.22. The van der Waals surface area contributed by atoms with Gasteiger partial charge in [0.1, 0.15) is 0 Å². The van der Waals surface area contributed by atoms with E-state index in [4.69, 9.17) is 11.6 Å². The standard InChI is InChI=1S/C19H22ClN3O/c20-18-6-2-1-4-16(18)13-23-11-3-5-17(14-23)19(24)22-12-15-7-9-21-10-8-15/h1-2,4,6-10,17H,3,5,11-14H2,(H,22,24). The third-order valence-electron chi connectivity index (χ3n) is 4.44. The molecule has 0 aliphatic carbocycles. The van der Waals surface area contributed by atoms with Gasteiger partial charge in [0.25, 0.3) is 0 Å². The van der Waals surface area contributed by atoms with Crippen molar-refractivity contribution < 1.29 is 4.79 Å². The highest BCUT2D eigenvalue weighted by atomic mass is 35.5. The summed E-state index contributed by atoms with van der Waals surface area (Å²) in [5.74, 6) is 0.179. The molecule has 2 aromatic rings. The molecule has 1 aliphatic rings. The average Bonchev–Trinajstić information content (AvgIpc) is 2.63. The second-order valence-electron chi connectivity index (χ2n) is 6.24. The van der Waals surface area contributed by atoms with E-state index in [2.05, 4.69) is 21.3 Å². The van der Waals surface area contributed by atoms with Gasteiger partial charge in [-0.1, -0.05) is 29.8 Å². The number of nitrogens with one attached hydrogen (secondary N) is 1. The summed E-state index contributed by atoms with van der Waals surface area (Å²) in [6.45, 7) is 3.16. The predicted octanol–water partition coefficient (Wildman–Crippen LogP) is 3.26. The monoisotopic (exact) mass is 343 g/mol. The van der Waals surface area contributed by atoms with Crippen LogP contribution in [0.1, 0.15) is 24.0 Å². The van der Waals surface area contributed by atoms with E-state index in [1.807, 2.05) is 30.3 Å². The number of aromatic nitrogens is 1. The van der Waals surface area contributed by atoms with Gasteiger partial charge in [-0.3, -0.25) is 14.7 Å². The number of carbonyl (C=O) groups is 1. The van der Waals surface area contributed by atoms with Crippen molar-refractivity contribution in [1.82, 2.24) is 15.2 Å². The number of rotatable bonds is 5. The van der Waals surface area contributed by atoms with Crippen LogP contribution in [-0.4, -0.2) is 28.9 Å². The maximum atomic E-state index is 12.5. The molecule has 0 radical (unpaired) electrons. The van der Waals surface area contributed by atoms with Gasteiger partial charge in [-0.2, -0.15) is 0 Å². The molecule has 0 saturated carbocycles. The number of halogens is 1. The van der Waals surface area contributed by atoms with Crippen molar-refractivity contribution >= 4 is 17.5 Å². The van der Waals surface area contributed by atoms with E-state index >= 15 is 0 Å². The number of hydrogen-bond acceptors (Lipinski definition) is 3. The van der Waals surface area contributed by atoms with Crippen LogP contribution in [0, 0.1) is 5.92 Å². The summed E-state index contributed by atoms with van der Waals surface area (Å²) >= 11 is 6.25. The van der Waals surface area contributed by atoms with Crippen LogP contribution in [0.3, 0.4) is 0 Å². The van der Waals surface area contributed by atoms with Gasteiger partial charge in [-0.15, -0.1) is 0 Å². The molecule has 1 aromatic carbocycles. The van der Waals surface area contributed by atoms with Crippen LogP contribution in [0.25, 0.3) is 0 Å². The highest BCUT2D eigenvalue weighted by molar-refractivity contribution is 6.31. The molecule has 1 N–H and O–H groups in total. The Balaban J connectivity index is 1.53. The van der Waals surface area contributed by atoms with Gasteiger partial charge in [-0.05, 0) is 48.7 Å². The number of nitrogens with zero attached hydrogens (tertiary/aromatic N) is 2. The normalized spacial score (nSPS) is 18.3. The van der Waals surface area contributed by atoms with Crippen molar-refractivity contribution in [3.8, 4) is 0 Å². The van der Waals surface area contributed by atoms with E-state index in [9.17, 15) is 4.79 Å². The summed E-state index contributed by atoms with van der Waals surface area (Å²) < 4.78 is 0. The first-order valence-electron chi connectivity index (χ1n) is 8.35. The lowest BCUT2D eigenvalue weighted by molar-refractivity contribution is -0.126. The van der Waals surface area contributed by atoms with Crippen molar-refractivity contribution in [2.75, 3.05) is 13.1 Å². The predicted molar refractivity (Wildman–Crippen MR) is 95.5 cm³/mol. The summed E-state index contributed by atoms with van der Waals surface area (Å²) in [5.41, 5.74) is 2.19. The summed E-state index contributed by atoms with van der Waals surface area (Å²) in [6, 6.07) is 11.8. The van der Waals surface area contributed by atoms with E-state index in [0.29, 0.717) is 6.54 Å². The Morgan fingerprint density at radius 1 is 1.25 bits per heavy atom. The van der Waals surface area contributed by atoms with Crippen LogP contribution in [0.5, 0.6) is 0 Å². The fourth-order valence-corrected chi connectivity index (χ4v) is 3.31. The lowest BCUT2D eigenvalue weighted by Gasteiger charge is -2.32. The van der Waals surface area contributed by atoms with Crippen molar-refractivity contribution in [1.29, 1.82) is 0 Å². The number of pyridine rings is 1. The van der Waals surface area contributed by atoms with Crippen LogP contribution >= 0.6 is 11.6 Å². The first kappa shape index (κ1) is 16.9. The molecule has 126 valence electrons. The number of benzene rings is 1. The first-order chi connectivity index (χ1) is 11.7. The zero-order valence-corrected chi connectivity index (χ0v) is 14.4. The molecule has 5 heteroatoms. The molecule has 1 atom stereocenters. The second kappa shape index (κ2) is 8.27. The molecule has 1 saturated heterocycles. The summed E-state index contributed by atoms with van der Waals surface area (Å²) in [7, 11) is 0. The average molecular weight is 344 g/mol. The van der Waals surface area contributed by atoms with Crippen molar-refractivity contribution in [2.45, 2.75) is 25.9 Å². The van der Waals surface area contributed by atoms with Gasteiger partial charge in [0, 0.05) is 37.1 Å². The quantitative estimate of drug-likeness (QED) is 0.906. The van der Waals surface area contributed by atoms with Gasteiger partial charge in [0.05, 0.1) is 5.92 Å². The molecule has 0 spiro atoms. The Morgan fingerprint density at radius 3 is 2.83 bits per heavy atom. The third kappa shape index (κ3) is 4.56. The largest absolute Gasteiger partial charge is 0.352 e. The minimum absolute atomic E-state index is 0.0445. The molecule has 24 heavy (non-hydrogen) atoms. The minimum atomic E-state index is 0.0445. The van der Waals surface area contributed by atoms with E-state index in [1.165, 1.54) is 0 Å². The molecule has 4 nitrogen and oxygen atoms in total. The minimum Gasteiger partial charge on any atom is -0.352 e. The van der Waals surface area contributed by atoms with Crippen LogP contribution < -0.4 is 5.32 Å². The van der Waals surface area contributed by atoms with Crippen LogP contribution in [-0.2, 0) is 17.9 Å². The van der Waals surface area contributed by atoms with Gasteiger partial charge in [-0.25, -0.2) is 0 Å². The third-order valence-corrected chi connectivity index (χ3v) is 4.81. The Kier molecular flexibility index (Phi) is 5.83. The zero-order chi connectivity index (χ0) is 16.8. The van der Waals surface area contributed by atoms with Crippen molar-refractivity contribution in [3.63, 3.8) is 0 Å². The number of amides is 1. The number of piperidine rings is 1. The van der Waals surface area contributed by atoms with Gasteiger partial charge in [0.15, 0.2) is 0 Å². The van der Waals surface area contributed by atoms with Crippen LogP contribution in [0.2, 0.25) is 5.02 Å². The number of hydrogen-bond donors (Lipinski definition) is 1. The summed E-state index contributed by atoms with van der Waals surface area (Å²) in [4.78, 5) is 18.8. The molecular formula is C19H22ClN3O. The molecule has 2 heterocycles. The number of likely N-dealkylation sites (tertiary alicyclic amines) is 1. The molecule has 1 amide bonds. The van der Waals surface area contributed by atoms with Crippen molar-refractivity contribution in [3.05, 3.63) is 64.9 Å². The van der Waals surface area contributed by atoms with Gasteiger partial charge < -0.3 is 5.32 Å². The second-order valence-corrected chi connectivity index (χ2v) is 6.65. The Labute approximate surface area is 147 Å². The lowest BCUT2D eigenvalue weighted by atomic mass is 9.96. The molecule has 1 aliphatic heterocycles. The smallest absolute Gasteiger partial charge is 0.224 e. The fraction of sp³-hybridized carbons (Fsp3) is 0.368. The summed E-state index contributed by atoms with van der Waals surface area (Å²) in [5, 5.41) is 3.84. The molecular weight excluding hydrogens is 322 g/mol. The molecule has 1 fully saturated rings. The molecule has 1 aromatic heterocycles. The van der Waals surface area contributed by atoms with E-state index in [1.54, 1.807) is 12.4 Å². The Morgan fingerprint density at radius 2 is 2.04 bits per heavy atom. The SMILES string of the molecule is O=C(NCc1ccncc1)C1CCCN(Cc2ccccc2Cl)C1. The maximum Gasteiger partial charge on any atom is 0.224 e. The summed E-state index contributed by atoms with van der Waals surface area (Å²) in [6.07, 6.45) is 5.47. The van der Waals surface area contributed by atoms with Crippen LogP contribution in [0.4, 0.5) is 0 Å². The first-order valence-corrected chi connectivity index (χ1v) is 8.72. The topological polar surface area (TPSA) is 45.2 Å². The fourth-order valence-electron chi connectivity index (χ4n) is 3.11. The Hall–Kier alpha value is -1.91. The van der Waals surface area contributed by atoms with Gasteiger partial charge in [0.2, 0.25) is 5.91 Å². The lowest BCUT2D eigenvalue weighted by Crippen LogP contribution is -2.42. The molecule has 0 bridgehead atoms. The van der Waals surface area contributed by atoms with Gasteiger partial charge >= 0.3 is 0 Å². The van der Waals surface area contributed by atoms with Crippen LogP contribution in [0.15, 0.2) is 48.8 Å². The van der Waals surface area contributed by atoms with Crippen molar-refractivity contribution in [2.24, 2.45) is 5.92 Å². The molecule has 3 rings (SSSR count). The zero-order valence-electron chi connectivity index (χ0n) is 13.6. The molecule has 1 unspecified atom stereocenters. The van der Waals surface area contributed by atoms with E-state index in [-0.39, 0.29) is 11.8 Å². The highest BCUT2D eigenvalue weighted by Gasteiger charge is 2.25. The maximum absolute atomic E-state index is 12.5.